The van der Waals surface area contributed by atoms with Gasteiger partial charge in [0.15, 0.2) is 11.0 Å². The summed E-state index contributed by atoms with van der Waals surface area (Å²) in [5, 5.41) is 12.9. The van der Waals surface area contributed by atoms with Crippen LogP contribution < -0.4 is 10.1 Å². The van der Waals surface area contributed by atoms with Crippen molar-refractivity contribution in [2.45, 2.75) is 12.1 Å². The molecule has 4 rings (SSSR count). The van der Waals surface area contributed by atoms with Crippen LogP contribution in [0.2, 0.25) is 5.02 Å². The predicted octanol–water partition coefficient (Wildman–Crippen LogP) is 5.03. The number of carbonyl (C=O) groups is 1. The molecule has 0 radical (unpaired) electrons. The van der Waals surface area contributed by atoms with E-state index >= 15 is 0 Å². The molecule has 4 aromatic rings. The van der Waals surface area contributed by atoms with Crippen LogP contribution in [0.5, 0.6) is 5.75 Å². The lowest BCUT2D eigenvalue weighted by atomic mass is 10.2. The Kier molecular flexibility index (Phi) is 6.72. The molecule has 0 aliphatic carbocycles. The van der Waals surface area contributed by atoms with Crippen molar-refractivity contribution in [3.63, 3.8) is 0 Å². The lowest BCUT2D eigenvalue weighted by molar-refractivity contribution is -0.113. The highest BCUT2D eigenvalue weighted by molar-refractivity contribution is 7.99. The Morgan fingerprint density at radius 3 is 2.53 bits per heavy atom. The number of hydrogen-bond donors (Lipinski definition) is 1. The van der Waals surface area contributed by atoms with E-state index in [4.69, 9.17) is 16.3 Å². The van der Waals surface area contributed by atoms with Gasteiger partial charge in [-0.2, -0.15) is 0 Å². The molecule has 2 aromatic heterocycles. The Bertz CT molecular complexity index is 1230. The average molecular weight is 466 g/mol. The molecule has 0 saturated carbocycles. The van der Waals surface area contributed by atoms with Crippen LogP contribution in [0.15, 0.2) is 72.1 Å². The summed E-state index contributed by atoms with van der Waals surface area (Å²) in [7, 11) is 1.62. The van der Waals surface area contributed by atoms with E-state index in [9.17, 15) is 4.79 Å². The first-order valence-corrected chi connectivity index (χ1v) is 11.1. The number of thioether (sulfide) groups is 1. The molecule has 1 N–H and O–H groups in total. The molecule has 0 bridgehead atoms. The van der Waals surface area contributed by atoms with Gasteiger partial charge in [-0.3, -0.25) is 14.3 Å². The fraction of sp³-hybridized carbons (Fsp3) is 0.130. The molecule has 2 heterocycles. The summed E-state index contributed by atoms with van der Waals surface area (Å²) in [5.41, 5.74) is 3.36. The highest BCUT2D eigenvalue weighted by atomic mass is 35.5. The van der Waals surface area contributed by atoms with Crippen LogP contribution in [-0.4, -0.2) is 38.5 Å². The Balaban J connectivity index is 1.59. The number of pyridine rings is 1. The van der Waals surface area contributed by atoms with Crippen molar-refractivity contribution in [2.75, 3.05) is 18.2 Å². The molecule has 0 aliphatic heterocycles. The Labute approximate surface area is 194 Å². The molecule has 0 aliphatic rings. The Morgan fingerprint density at radius 2 is 1.84 bits per heavy atom. The third-order valence-electron chi connectivity index (χ3n) is 4.70. The summed E-state index contributed by atoms with van der Waals surface area (Å²) in [5.74, 6) is 1.44. The maximum atomic E-state index is 12.6. The summed E-state index contributed by atoms with van der Waals surface area (Å²) in [6.07, 6.45) is 3.41. The second-order valence-corrected chi connectivity index (χ2v) is 8.25. The molecule has 0 saturated heterocycles. The Morgan fingerprint density at radius 1 is 1.09 bits per heavy atom. The molecular weight excluding hydrogens is 446 g/mol. The first-order chi connectivity index (χ1) is 15.5. The smallest absolute Gasteiger partial charge is 0.234 e. The number of nitrogens with zero attached hydrogens (tertiary/aromatic N) is 4. The fourth-order valence-corrected chi connectivity index (χ4v) is 4.08. The number of aromatic nitrogens is 4. The van der Waals surface area contributed by atoms with Crippen molar-refractivity contribution in [3.8, 4) is 22.8 Å². The number of ether oxygens (including phenoxy) is 1. The predicted molar refractivity (Wildman–Crippen MR) is 127 cm³/mol. The maximum Gasteiger partial charge on any atom is 0.234 e. The lowest BCUT2D eigenvalue weighted by Gasteiger charge is -2.12. The van der Waals surface area contributed by atoms with E-state index < -0.39 is 0 Å². The monoisotopic (exact) mass is 465 g/mol. The van der Waals surface area contributed by atoms with Crippen molar-refractivity contribution < 1.29 is 9.53 Å². The largest absolute Gasteiger partial charge is 0.497 e. The van der Waals surface area contributed by atoms with E-state index in [1.54, 1.807) is 31.6 Å². The molecule has 162 valence electrons. The van der Waals surface area contributed by atoms with E-state index in [0.29, 0.717) is 16.0 Å². The van der Waals surface area contributed by atoms with Crippen molar-refractivity contribution in [1.29, 1.82) is 0 Å². The average Bonchev–Trinajstić information content (AvgIpc) is 3.24. The normalized spacial score (nSPS) is 10.7. The van der Waals surface area contributed by atoms with Crippen LogP contribution >= 0.6 is 23.4 Å². The Hall–Kier alpha value is -3.36. The molecule has 2 aromatic carbocycles. The summed E-state index contributed by atoms with van der Waals surface area (Å²) in [4.78, 5) is 16.7. The summed E-state index contributed by atoms with van der Waals surface area (Å²) in [6, 6.07) is 16.7. The lowest BCUT2D eigenvalue weighted by Crippen LogP contribution is -2.15. The van der Waals surface area contributed by atoms with Gasteiger partial charge in [0.25, 0.3) is 0 Å². The number of halogens is 1. The van der Waals surface area contributed by atoms with Crippen molar-refractivity contribution in [3.05, 3.63) is 77.6 Å². The first kappa shape index (κ1) is 21.9. The van der Waals surface area contributed by atoms with Gasteiger partial charge in [-0.25, -0.2) is 0 Å². The van der Waals surface area contributed by atoms with Crippen LogP contribution in [0.3, 0.4) is 0 Å². The topological polar surface area (TPSA) is 81.9 Å². The van der Waals surface area contributed by atoms with Crippen LogP contribution in [0.1, 0.15) is 5.56 Å². The third-order valence-corrected chi connectivity index (χ3v) is 5.86. The minimum Gasteiger partial charge on any atom is -0.497 e. The van der Waals surface area contributed by atoms with Crippen LogP contribution in [0, 0.1) is 6.92 Å². The number of aryl methyl sites for hydroxylation is 1. The maximum absolute atomic E-state index is 12.6. The quantitative estimate of drug-likeness (QED) is 0.385. The van der Waals surface area contributed by atoms with Crippen molar-refractivity contribution in [1.82, 2.24) is 19.7 Å². The van der Waals surface area contributed by atoms with Gasteiger partial charge in [0.05, 0.1) is 12.9 Å². The van der Waals surface area contributed by atoms with Gasteiger partial charge in [-0.05, 0) is 67.1 Å². The molecule has 0 unspecified atom stereocenters. The van der Waals surface area contributed by atoms with Gasteiger partial charge in [0.2, 0.25) is 5.91 Å². The van der Waals surface area contributed by atoms with E-state index in [0.717, 1.165) is 28.3 Å². The van der Waals surface area contributed by atoms with Gasteiger partial charge in [0.1, 0.15) is 5.75 Å². The number of benzene rings is 2. The number of carbonyl (C=O) groups excluding carboxylic acids is 1. The van der Waals surface area contributed by atoms with Gasteiger partial charge in [0, 0.05) is 34.4 Å². The highest BCUT2D eigenvalue weighted by Crippen LogP contribution is 2.29. The molecular formula is C23H20ClN5O2S. The van der Waals surface area contributed by atoms with Gasteiger partial charge in [-0.15, -0.1) is 10.2 Å². The SMILES string of the molecule is COc1ccc(-n2c(SCC(=O)Nc3ccc(Cl)cc3C)nnc2-c2ccncc2)cc1. The van der Waals surface area contributed by atoms with Crippen molar-refractivity contribution in [2.24, 2.45) is 0 Å². The number of rotatable bonds is 7. The van der Waals surface area contributed by atoms with E-state index in [2.05, 4.69) is 20.5 Å². The van der Waals surface area contributed by atoms with E-state index in [1.807, 2.05) is 54.0 Å². The number of methoxy groups -OCH3 is 1. The van der Waals surface area contributed by atoms with Crippen molar-refractivity contribution >= 4 is 35.0 Å². The second kappa shape index (κ2) is 9.84. The van der Waals surface area contributed by atoms with E-state index in [-0.39, 0.29) is 11.7 Å². The first-order valence-electron chi connectivity index (χ1n) is 9.74. The minimum atomic E-state index is -0.143. The third kappa shape index (κ3) is 4.92. The molecule has 32 heavy (non-hydrogen) atoms. The van der Waals surface area contributed by atoms with E-state index in [1.165, 1.54) is 11.8 Å². The molecule has 0 fully saturated rings. The summed E-state index contributed by atoms with van der Waals surface area (Å²) >= 11 is 7.30. The summed E-state index contributed by atoms with van der Waals surface area (Å²) in [6.45, 7) is 1.90. The fourth-order valence-electron chi connectivity index (χ4n) is 3.10. The summed E-state index contributed by atoms with van der Waals surface area (Å²) < 4.78 is 7.19. The molecule has 7 nitrogen and oxygen atoms in total. The van der Waals surface area contributed by atoms with Gasteiger partial charge < -0.3 is 10.1 Å². The number of nitrogens with one attached hydrogen (secondary N) is 1. The van der Waals surface area contributed by atoms with Gasteiger partial charge >= 0.3 is 0 Å². The molecule has 0 spiro atoms. The zero-order chi connectivity index (χ0) is 22.5. The molecule has 9 heteroatoms. The molecule has 1 amide bonds. The zero-order valence-electron chi connectivity index (χ0n) is 17.4. The zero-order valence-corrected chi connectivity index (χ0v) is 19.0. The number of anilines is 1. The number of amides is 1. The van der Waals surface area contributed by atoms with Crippen LogP contribution in [-0.2, 0) is 4.79 Å². The van der Waals surface area contributed by atoms with Gasteiger partial charge in [-0.1, -0.05) is 23.4 Å². The molecule has 0 atom stereocenters. The number of hydrogen-bond acceptors (Lipinski definition) is 6. The highest BCUT2D eigenvalue weighted by Gasteiger charge is 2.17. The van der Waals surface area contributed by atoms with Crippen LogP contribution in [0.4, 0.5) is 5.69 Å². The second-order valence-electron chi connectivity index (χ2n) is 6.87. The standard InChI is InChI=1S/C23H20ClN5O2S/c1-15-13-17(24)3-8-20(15)26-21(30)14-32-23-28-27-22(16-9-11-25-12-10-16)29(23)18-4-6-19(31-2)7-5-18/h3-13H,14H2,1-2H3,(H,26,30). The van der Waals surface area contributed by atoms with Crippen LogP contribution in [0.25, 0.3) is 17.1 Å². The minimum absolute atomic E-state index is 0.143.